The number of phenolic OH excluding ortho intramolecular Hbond substituents is 1. The summed E-state index contributed by atoms with van der Waals surface area (Å²) in [5.41, 5.74) is 8.28. The highest BCUT2D eigenvalue weighted by atomic mass is 16.5. The molecular formula is C20H23NO2. The molecule has 0 fully saturated rings. The summed E-state index contributed by atoms with van der Waals surface area (Å²) in [6.45, 7) is 6.40. The lowest BCUT2D eigenvalue weighted by Gasteiger charge is -2.42. The van der Waals surface area contributed by atoms with E-state index in [9.17, 15) is 5.11 Å². The summed E-state index contributed by atoms with van der Waals surface area (Å²) in [7, 11) is 1.61. The van der Waals surface area contributed by atoms with E-state index in [-0.39, 0.29) is 5.75 Å². The standard InChI is InChI=1S/C20H23NO2/c1-12-6-14-4-5-21-11-16-9-19(22)20(23-3)10-15(16)8-18(21)17(14)7-13(12)2/h6-7,9-10,18,22H,4-5,8,11H2,1-3H3/t18-/m1/s1. The van der Waals surface area contributed by atoms with Crippen LogP contribution in [0.2, 0.25) is 0 Å². The molecular weight excluding hydrogens is 286 g/mol. The second-order valence-corrected chi connectivity index (χ2v) is 6.87. The van der Waals surface area contributed by atoms with Crippen molar-refractivity contribution in [2.24, 2.45) is 0 Å². The Kier molecular flexibility index (Phi) is 3.34. The SMILES string of the molecule is COc1cc2c(cc1O)CN1CCc3cc(C)c(C)cc3[C@H]1C2. The van der Waals surface area contributed by atoms with Crippen molar-refractivity contribution in [1.29, 1.82) is 0 Å². The Hall–Kier alpha value is -2.00. The molecule has 1 N–H and O–H groups in total. The molecule has 4 rings (SSSR count). The van der Waals surface area contributed by atoms with Gasteiger partial charge < -0.3 is 9.84 Å². The Morgan fingerprint density at radius 2 is 1.83 bits per heavy atom. The van der Waals surface area contributed by atoms with Crippen molar-refractivity contribution in [3.05, 3.63) is 57.6 Å². The van der Waals surface area contributed by atoms with Crippen LogP contribution in [0, 0.1) is 13.8 Å². The summed E-state index contributed by atoms with van der Waals surface area (Å²) in [6, 6.07) is 9.08. The zero-order valence-corrected chi connectivity index (χ0v) is 14.0. The third kappa shape index (κ3) is 2.31. The minimum atomic E-state index is 0.244. The lowest BCUT2D eigenvalue weighted by molar-refractivity contribution is 0.160. The van der Waals surface area contributed by atoms with Gasteiger partial charge in [-0.25, -0.2) is 0 Å². The fourth-order valence-electron chi connectivity index (χ4n) is 4.05. The average Bonchev–Trinajstić information content (AvgIpc) is 2.54. The number of phenols is 1. The molecule has 0 amide bonds. The van der Waals surface area contributed by atoms with E-state index in [0.29, 0.717) is 11.8 Å². The molecule has 2 aromatic rings. The van der Waals surface area contributed by atoms with Crippen LogP contribution in [0.25, 0.3) is 0 Å². The van der Waals surface area contributed by atoms with Crippen molar-refractivity contribution >= 4 is 0 Å². The first-order valence-electron chi connectivity index (χ1n) is 8.29. The van der Waals surface area contributed by atoms with Crippen molar-refractivity contribution in [3.63, 3.8) is 0 Å². The van der Waals surface area contributed by atoms with Gasteiger partial charge in [0.25, 0.3) is 0 Å². The van der Waals surface area contributed by atoms with Crippen LogP contribution in [0.3, 0.4) is 0 Å². The molecule has 0 bridgehead atoms. The molecule has 23 heavy (non-hydrogen) atoms. The van der Waals surface area contributed by atoms with Crippen molar-refractivity contribution in [2.45, 2.75) is 39.3 Å². The lowest BCUT2D eigenvalue weighted by Crippen LogP contribution is -2.39. The molecule has 1 atom stereocenters. The predicted molar refractivity (Wildman–Crippen MR) is 91.1 cm³/mol. The molecule has 0 aliphatic carbocycles. The van der Waals surface area contributed by atoms with E-state index >= 15 is 0 Å². The van der Waals surface area contributed by atoms with Gasteiger partial charge >= 0.3 is 0 Å². The number of aryl methyl sites for hydroxylation is 2. The Labute approximate surface area is 137 Å². The Bertz CT molecular complexity index is 782. The highest BCUT2D eigenvalue weighted by Crippen LogP contribution is 2.41. The molecule has 0 spiro atoms. The lowest BCUT2D eigenvalue weighted by atomic mass is 9.82. The van der Waals surface area contributed by atoms with Crippen LogP contribution in [-0.4, -0.2) is 23.7 Å². The molecule has 120 valence electrons. The molecule has 3 heteroatoms. The van der Waals surface area contributed by atoms with Gasteiger partial charge in [0.05, 0.1) is 7.11 Å². The van der Waals surface area contributed by atoms with Crippen LogP contribution in [0.5, 0.6) is 11.5 Å². The molecule has 2 aliphatic rings. The second-order valence-electron chi connectivity index (χ2n) is 6.87. The molecule has 2 aliphatic heterocycles. The third-order valence-corrected chi connectivity index (χ3v) is 5.51. The summed E-state index contributed by atoms with van der Waals surface area (Å²) in [4.78, 5) is 2.55. The highest BCUT2D eigenvalue weighted by Gasteiger charge is 2.32. The zero-order chi connectivity index (χ0) is 16.1. The Morgan fingerprint density at radius 3 is 2.61 bits per heavy atom. The first-order valence-corrected chi connectivity index (χ1v) is 8.29. The van der Waals surface area contributed by atoms with Crippen LogP contribution >= 0.6 is 0 Å². The van der Waals surface area contributed by atoms with Gasteiger partial charge in [-0.2, -0.15) is 0 Å². The maximum Gasteiger partial charge on any atom is 0.160 e. The topological polar surface area (TPSA) is 32.7 Å². The zero-order valence-electron chi connectivity index (χ0n) is 14.0. The quantitative estimate of drug-likeness (QED) is 0.872. The number of ether oxygens (including phenoxy) is 1. The molecule has 2 heterocycles. The van der Waals surface area contributed by atoms with Crippen LogP contribution < -0.4 is 4.74 Å². The molecule has 2 aromatic carbocycles. The van der Waals surface area contributed by atoms with Gasteiger partial charge in [0, 0.05) is 19.1 Å². The normalized spacial score (nSPS) is 19.7. The van der Waals surface area contributed by atoms with E-state index in [4.69, 9.17) is 4.74 Å². The molecule has 0 aromatic heterocycles. The van der Waals surface area contributed by atoms with Crippen LogP contribution in [0.15, 0.2) is 24.3 Å². The maximum absolute atomic E-state index is 10.0. The van der Waals surface area contributed by atoms with Crippen LogP contribution in [-0.2, 0) is 19.4 Å². The van der Waals surface area contributed by atoms with E-state index in [1.54, 1.807) is 7.11 Å². The number of rotatable bonds is 1. The van der Waals surface area contributed by atoms with E-state index in [1.807, 2.05) is 12.1 Å². The van der Waals surface area contributed by atoms with Gasteiger partial charge in [-0.1, -0.05) is 12.1 Å². The largest absolute Gasteiger partial charge is 0.504 e. The summed E-state index contributed by atoms with van der Waals surface area (Å²) in [6.07, 6.45) is 2.10. The highest BCUT2D eigenvalue weighted by molar-refractivity contribution is 5.49. The number of hydrogen-bond acceptors (Lipinski definition) is 3. The molecule has 3 nitrogen and oxygen atoms in total. The average molecular weight is 309 g/mol. The van der Waals surface area contributed by atoms with E-state index < -0.39 is 0 Å². The number of fused-ring (bicyclic) bond motifs is 4. The van der Waals surface area contributed by atoms with Gasteiger partial charge in [-0.15, -0.1) is 0 Å². The predicted octanol–water partition coefficient (Wildman–Crippen LogP) is 3.67. The fraction of sp³-hybridized carbons (Fsp3) is 0.400. The van der Waals surface area contributed by atoms with Crippen molar-refractivity contribution in [3.8, 4) is 11.5 Å². The first-order chi connectivity index (χ1) is 11.1. The first kappa shape index (κ1) is 14.6. The maximum atomic E-state index is 10.0. The van der Waals surface area contributed by atoms with Crippen LogP contribution in [0.4, 0.5) is 0 Å². The fourth-order valence-corrected chi connectivity index (χ4v) is 4.05. The van der Waals surface area contributed by atoms with Gasteiger partial charge in [-0.05, 0) is 72.2 Å². The smallest absolute Gasteiger partial charge is 0.160 e. The third-order valence-electron chi connectivity index (χ3n) is 5.51. The van der Waals surface area contributed by atoms with Gasteiger partial charge in [-0.3, -0.25) is 4.90 Å². The summed E-state index contributed by atoms with van der Waals surface area (Å²) < 4.78 is 5.29. The van der Waals surface area contributed by atoms with Crippen molar-refractivity contribution in [1.82, 2.24) is 4.90 Å². The van der Waals surface area contributed by atoms with Crippen molar-refractivity contribution in [2.75, 3.05) is 13.7 Å². The number of aromatic hydroxyl groups is 1. The van der Waals surface area contributed by atoms with E-state index in [1.165, 1.54) is 33.4 Å². The second kappa shape index (κ2) is 5.27. The van der Waals surface area contributed by atoms with Gasteiger partial charge in [0.1, 0.15) is 0 Å². The van der Waals surface area contributed by atoms with Crippen LogP contribution in [0.1, 0.15) is 39.4 Å². The monoisotopic (exact) mass is 309 g/mol. The van der Waals surface area contributed by atoms with Gasteiger partial charge in [0.2, 0.25) is 0 Å². The summed E-state index contributed by atoms with van der Waals surface area (Å²) >= 11 is 0. The molecule has 0 saturated carbocycles. The number of hydrogen-bond donors (Lipinski definition) is 1. The summed E-state index contributed by atoms with van der Waals surface area (Å²) in [5.74, 6) is 0.821. The Balaban J connectivity index is 1.77. The van der Waals surface area contributed by atoms with Crippen molar-refractivity contribution < 1.29 is 9.84 Å². The van der Waals surface area contributed by atoms with E-state index in [0.717, 1.165) is 25.9 Å². The summed E-state index contributed by atoms with van der Waals surface area (Å²) in [5, 5.41) is 10.0. The number of nitrogens with zero attached hydrogens (tertiary/aromatic N) is 1. The minimum Gasteiger partial charge on any atom is -0.504 e. The minimum absolute atomic E-state index is 0.244. The molecule has 0 unspecified atom stereocenters. The van der Waals surface area contributed by atoms with Gasteiger partial charge in [0.15, 0.2) is 11.5 Å². The van der Waals surface area contributed by atoms with E-state index in [2.05, 4.69) is 30.9 Å². The number of methoxy groups -OCH3 is 1. The molecule has 0 saturated heterocycles. The Morgan fingerprint density at radius 1 is 1.04 bits per heavy atom. The molecule has 0 radical (unpaired) electrons. The number of benzene rings is 2.